The van der Waals surface area contributed by atoms with Crippen molar-refractivity contribution >= 4 is 32.8 Å². The average molecular weight is 337 g/mol. The Bertz CT molecular complexity index is 821. The van der Waals surface area contributed by atoms with E-state index in [1.165, 1.54) is 31.9 Å². The van der Waals surface area contributed by atoms with Crippen LogP contribution in [0, 0.1) is 0 Å². The van der Waals surface area contributed by atoms with E-state index in [0.29, 0.717) is 5.92 Å². The van der Waals surface area contributed by atoms with Crippen molar-refractivity contribution in [2.24, 2.45) is 0 Å². The largest absolute Gasteiger partial charge is 0.0805 e. The standard InChI is InChI=1S/C20H17Br/c1-13-10-19-18(17(13)11-14-6-2-3-7-14)12-15-8-4-5-9-16(15)20(19)21/h2-6,8-10,12,17H,7,11H2,1H3. The van der Waals surface area contributed by atoms with Crippen LogP contribution in [0.15, 0.2) is 64.2 Å². The van der Waals surface area contributed by atoms with Gasteiger partial charge in [0.15, 0.2) is 0 Å². The van der Waals surface area contributed by atoms with E-state index in [-0.39, 0.29) is 0 Å². The van der Waals surface area contributed by atoms with Crippen molar-refractivity contribution in [3.8, 4) is 0 Å². The van der Waals surface area contributed by atoms with E-state index in [4.69, 9.17) is 0 Å². The molecule has 104 valence electrons. The van der Waals surface area contributed by atoms with E-state index in [1.807, 2.05) is 0 Å². The number of rotatable bonds is 2. The fourth-order valence-electron chi connectivity index (χ4n) is 3.52. The topological polar surface area (TPSA) is 0 Å². The van der Waals surface area contributed by atoms with E-state index in [2.05, 4.69) is 77.5 Å². The summed E-state index contributed by atoms with van der Waals surface area (Å²) in [7, 11) is 0. The van der Waals surface area contributed by atoms with Gasteiger partial charge in [-0.25, -0.2) is 0 Å². The van der Waals surface area contributed by atoms with E-state index in [0.717, 1.165) is 12.8 Å². The highest BCUT2D eigenvalue weighted by Crippen LogP contribution is 2.46. The molecule has 0 radical (unpaired) electrons. The van der Waals surface area contributed by atoms with Gasteiger partial charge >= 0.3 is 0 Å². The van der Waals surface area contributed by atoms with Crippen LogP contribution in [0.5, 0.6) is 0 Å². The molecule has 0 aliphatic heterocycles. The van der Waals surface area contributed by atoms with Crippen LogP contribution < -0.4 is 0 Å². The van der Waals surface area contributed by atoms with Gasteiger partial charge in [-0.1, -0.05) is 59.7 Å². The second-order valence-electron chi connectivity index (χ2n) is 6.02. The molecule has 1 unspecified atom stereocenters. The molecule has 0 N–H and O–H groups in total. The van der Waals surface area contributed by atoms with Crippen molar-refractivity contribution in [1.29, 1.82) is 0 Å². The third kappa shape index (κ3) is 2.11. The van der Waals surface area contributed by atoms with Crippen molar-refractivity contribution in [2.75, 3.05) is 0 Å². The lowest BCUT2D eigenvalue weighted by Crippen LogP contribution is -1.99. The van der Waals surface area contributed by atoms with Crippen molar-refractivity contribution < 1.29 is 0 Å². The molecule has 2 aliphatic carbocycles. The molecule has 0 heterocycles. The van der Waals surface area contributed by atoms with Crippen LogP contribution >= 0.6 is 15.9 Å². The van der Waals surface area contributed by atoms with Gasteiger partial charge in [0.25, 0.3) is 0 Å². The monoisotopic (exact) mass is 336 g/mol. The molecule has 0 amide bonds. The summed E-state index contributed by atoms with van der Waals surface area (Å²) in [6, 6.07) is 11.0. The summed E-state index contributed by atoms with van der Waals surface area (Å²) in [5, 5.41) is 2.64. The molecular weight excluding hydrogens is 320 g/mol. The van der Waals surface area contributed by atoms with E-state index in [1.54, 1.807) is 5.57 Å². The van der Waals surface area contributed by atoms with Crippen molar-refractivity contribution in [3.05, 3.63) is 75.3 Å². The molecule has 2 aliphatic rings. The van der Waals surface area contributed by atoms with Crippen LogP contribution in [0.25, 0.3) is 16.8 Å². The molecule has 0 nitrogen and oxygen atoms in total. The first-order valence-electron chi connectivity index (χ1n) is 7.48. The number of hydrogen-bond donors (Lipinski definition) is 0. The summed E-state index contributed by atoms with van der Waals surface area (Å²) < 4.78 is 1.25. The first-order chi connectivity index (χ1) is 10.2. The summed E-state index contributed by atoms with van der Waals surface area (Å²) in [6.45, 7) is 2.27. The molecular formula is C20H17Br. The van der Waals surface area contributed by atoms with Crippen LogP contribution in [0.3, 0.4) is 0 Å². The van der Waals surface area contributed by atoms with Gasteiger partial charge in [-0.05, 0) is 63.7 Å². The fraction of sp³-hybridized carbons (Fsp3) is 0.200. The zero-order valence-corrected chi connectivity index (χ0v) is 13.7. The van der Waals surface area contributed by atoms with Crippen molar-refractivity contribution in [2.45, 2.75) is 25.7 Å². The molecule has 0 bridgehead atoms. The highest BCUT2D eigenvalue weighted by molar-refractivity contribution is 9.10. The highest BCUT2D eigenvalue weighted by atomic mass is 79.9. The molecule has 21 heavy (non-hydrogen) atoms. The lowest BCUT2D eigenvalue weighted by Gasteiger charge is -2.17. The van der Waals surface area contributed by atoms with Gasteiger partial charge in [0.1, 0.15) is 0 Å². The predicted molar refractivity (Wildman–Crippen MR) is 94.5 cm³/mol. The van der Waals surface area contributed by atoms with Gasteiger partial charge in [0.2, 0.25) is 0 Å². The molecule has 4 rings (SSSR count). The average Bonchev–Trinajstić information content (AvgIpc) is 3.10. The molecule has 2 aromatic carbocycles. The Morgan fingerprint density at radius 3 is 2.90 bits per heavy atom. The van der Waals surface area contributed by atoms with E-state index >= 15 is 0 Å². The molecule has 0 saturated heterocycles. The minimum absolute atomic E-state index is 0.534. The summed E-state index contributed by atoms with van der Waals surface area (Å²) in [6.07, 6.45) is 11.3. The number of allylic oxidation sites excluding steroid dienone is 5. The maximum atomic E-state index is 3.83. The van der Waals surface area contributed by atoms with Crippen LogP contribution in [0.2, 0.25) is 0 Å². The molecule has 0 saturated carbocycles. The van der Waals surface area contributed by atoms with Gasteiger partial charge in [0, 0.05) is 10.4 Å². The SMILES string of the molecule is CC1=Cc2c(cc3ccccc3c2Br)C1CC1=CC=CC1. The highest BCUT2D eigenvalue weighted by Gasteiger charge is 2.26. The maximum Gasteiger partial charge on any atom is 0.0329 e. The third-order valence-electron chi connectivity index (χ3n) is 4.67. The second-order valence-corrected chi connectivity index (χ2v) is 6.81. The Hall–Kier alpha value is -1.60. The molecule has 1 atom stereocenters. The Morgan fingerprint density at radius 1 is 1.24 bits per heavy atom. The first kappa shape index (κ1) is 13.1. The quantitative estimate of drug-likeness (QED) is 0.596. The zero-order chi connectivity index (χ0) is 14.4. The predicted octanol–water partition coefficient (Wildman–Crippen LogP) is 6.38. The summed E-state index contributed by atoms with van der Waals surface area (Å²) in [5.74, 6) is 0.534. The lowest BCUT2D eigenvalue weighted by molar-refractivity contribution is 0.785. The molecule has 1 heteroatoms. The summed E-state index contributed by atoms with van der Waals surface area (Å²) >= 11 is 3.83. The van der Waals surface area contributed by atoms with Gasteiger partial charge in [-0.15, -0.1) is 0 Å². The Kier molecular flexibility index (Phi) is 3.11. The minimum atomic E-state index is 0.534. The number of halogens is 1. The zero-order valence-electron chi connectivity index (χ0n) is 12.1. The fourth-order valence-corrected chi connectivity index (χ4v) is 4.23. The minimum Gasteiger partial charge on any atom is -0.0805 e. The van der Waals surface area contributed by atoms with Crippen LogP contribution in [-0.4, -0.2) is 0 Å². The maximum absolute atomic E-state index is 3.83. The number of benzene rings is 2. The Morgan fingerprint density at radius 2 is 2.10 bits per heavy atom. The van der Waals surface area contributed by atoms with Crippen molar-refractivity contribution in [1.82, 2.24) is 0 Å². The van der Waals surface area contributed by atoms with Crippen molar-refractivity contribution in [3.63, 3.8) is 0 Å². The van der Waals surface area contributed by atoms with Gasteiger partial charge < -0.3 is 0 Å². The number of fused-ring (bicyclic) bond motifs is 2. The molecule has 2 aromatic rings. The van der Waals surface area contributed by atoms with Gasteiger partial charge in [-0.3, -0.25) is 0 Å². The van der Waals surface area contributed by atoms with Gasteiger partial charge in [-0.2, -0.15) is 0 Å². The van der Waals surface area contributed by atoms with Gasteiger partial charge in [0.05, 0.1) is 0 Å². The first-order valence-corrected chi connectivity index (χ1v) is 8.27. The smallest absolute Gasteiger partial charge is 0.0329 e. The molecule has 0 fully saturated rings. The normalized spacial score (nSPS) is 19.8. The molecule has 0 spiro atoms. The van der Waals surface area contributed by atoms with E-state index in [9.17, 15) is 0 Å². The lowest BCUT2D eigenvalue weighted by atomic mass is 9.88. The van der Waals surface area contributed by atoms with Crippen LogP contribution in [0.1, 0.15) is 36.8 Å². The van der Waals surface area contributed by atoms with Crippen LogP contribution in [-0.2, 0) is 0 Å². The summed E-state index contributed by atoms with van der Waals surface area (Å²) in [5.41, 5.74) is 5.88. The Balaban J connectivity index is 1.83. The Labute approximate surface area is 134 Å². The molecule has 0 aromatic heterocycles. The van der Waals surface area contributed by atoms with E-state index < -0.39 is 0 Å². The van der Waals surface area contributed by atoms with Crippen LogP contribution in [0.4, 0.5) is 0 Å². The third-order valence-corrected chi connectivity index (χ3v) is 5.52. The number of hydrogen-bond acceptors (Lipinski definition) is 0. The second kappa shape index (κ2) is 4.99. The summed E-state index contributed by atoms with van der Waals surface area (Å²) in [4.78, 5) is 0.